The van der Waals surface area contributed by atoms with Crippen LogP contribution in [0.1, 0.15) is 35.3 Å². The molecule has 0 aromatic heterocycles. The summed E-state index contributed by atoms with van der Waals surface area (Å²) in [6.07, 6.45) is 0.671. The van der Waals surface area contributed by atoms with Crippen molar-refractivity contribution in [2.24, 2.45) is 5.14 Å². The molecule has 0 aliphatic rings. The van der Waals surface area contributed by atoms with Crippen molar-refractivity contribution in [1.29, 1.82) is 0 Å². The van der Waals surface area contributed by atoms with Crippen LogP contribution in [0.25, 0.3) is 0 Å². The highest BCUT2D eigenvalue weighted by Gasteiger charge is 2.19. The highest BCUT2D eigenvalue weighted by atomic mass is 79.9. The van der Waals surface area contributed by atoms with Crippen LogP contribution in [-0.2, 0) is 10.0 Å². The molecular weight excluding hydrogens is 408 g/mol. The summed E-state index contributed by atoms with van der Waals surface area (Å²) < 4.78 is 28.6. The topological polar surface area (TPSA) is 98.5 Å². The SMILES string of the molecule is CC[C@@H](NC(=O)c1cc(S(N)(=O)=O)ccc1Br)c1ccc(OC)cc1. The van der Waals surface area contributed by atoms with Gasteiger partial charge in [-0.15, -0.1) is 0 Å². The molecule has 0 spiro atoms. The zero-order valence-electron chi connectivity index (χ0n) is 13.8. The molecule has 0 radical (unpaired) electrons. The summed E-state index contributed by atoms with van der Waals surface area (Å²) >= 11 is 3.27. The molecule has 0 fully saturated rings. The fourth-order valence-corrected chi connectivity index (χ4v) is 3.32. The van der Waals surface area contributed by atoms with Crippen LogP contribution < -0.4 is 15.2 Å². The molecule has 3 N–H and O–H groups in total. The van der Waals surface area contributed by atoms with E-state index in [0.29, 0.717) is 10.9 Å². The number of methoxy groups -OCH3 is 1. The zero-order valence-corrected chi connectivity index (χ0v) is 16.2. The lowest BCUT2D eigenvalue weighted by atomic mass is 10.0. The van der Waals surface area contributed by atoms with Crippen LogP contribution in [0.15, 0.2) is 51.8 Å². The number of hydrogen-bond acceptors (Lipinski definition) is 4. The molecule has 0 bridgehead atoms. The Morgan fingerprint density at radius 1 is 1.24 bits per heavy atom. The third-order valence-electron chi connectivity index (χ3n) is 3.74. The summed E-state index contributed by atoms with van der Waals surface area (Å²) in [5.74, 6) is 0.341. The third kappa shape index (κ3) is 4.81. The first-order valence-electron chi connectivity index (χ1n) is 7.53. The molecule has 134 valence electrons. The quantitative estimate of drug-likeness (QED) is 0.741. The minimum atomic E-state index is -3.88. The van der Waals surface area contributed by atoms with Crippen molar-refractivity contribution in [3.8, 4) is 5.75 Å². The Bertz CT molecular complexity index is 867. The van der Waals surface area contributed by atoms with Gasteiger partial charge in [0, 0.05) is 4.47 Å². The summed E-state index contributed by atoms with van der Waals surface area (Å²) in [6.45, 7) is 1.95. The molecule has 0 unspecified atom stereocenters. The Labute approximate surface area is 155 Å². The lowest BCUT2D eigenvalue weighted by Crippen LogP contribution is -2.28. The average molecular weight is 427 g/mol. The van der Waals surface area contributed by atoms with E-state index in [-0.39, 0.29) is 22.4 Å². The van der Waals surface area contributed by atoms with E-state index in [1.165, 1.54) is 18.2 Å². The van der Waals surface area contributed by atoms with E-state index in [1.54, 1.807) is 7.11 Å². The second-order valence-corrected chi connectivity index (χ2v) is 7.81. The first kappa shape index (κ1) is 19.4. The summed E-state index contributed by atoms with van der Waals surface area (Å²) in [4.78, 5) is 12.5. The number of hydrogen-bond donors (Lipinski definition) is 2. The number of carbonyl (C=O) groups excluding carboxylic acids is 1. The van der Waals surface area contributed by atoms with Crippen LogP contribution in [0.4, 0.5) is 0 Å². The summed E-state index contributed by atoms with van der Waals surface area (Å²) in [6, 6.07) is 11.3. The van der Waals surface area contributed by atoms with E-state index in [1.807, 2.05) is 31.2 Å². The van der Waals surface area contributed by atoms with Gasteiger partial charge in [-0.25, -0.2) is 13.6 Å². The molecule has 6 nitrogen and oxygen atoms in total. The van der Waals surface area contributed by atoms with Crippen LogP contribution in [0, 0.1) is 0 Å². The smallest absolute Gasteiger partial charge is 0.252 e. The van der Waals surface area contributed by atoms with Gasteiger partial charge in [0.25, 0.3) is 5.91 Å². The number of amides is 1. The van der Waals surface area contributed by atoms with Gasteiger partial charge in [0.1, 0.15) is 5.75 Å². The molecule has 2 aromatic rings. The molecule has 1 atom stereocenters. The Balaban J connectivity index is 2.27. The van der Waals surface area contributed by atoms with Gasteiger partial charge in [-0.1, -0.05) is 19.1 Å². The number of rotatable bonds is 6. The molecule has 1 amide bonds. The van der Waals surface area contributed by atoms with Crippen LogP contribution in [-0.4, -0.2) is 21.4 Å². The monoisotopic (exact) mass is 426 g/mol. The summed E-state index contributed by atoms with van der Waals surface area (Å²) in [5, 5.41) is 8.05. The van der Waals surface area contributed by atoms with Gasteiger partial charge in [0.15, 0.2) is 0 Å². The van der Waals surface area contributed by atoms with Crippen molar-refractivity contribution in [2.75, 3.05) is 7.11 Å². The number of ether oxygens (including phenoxy) is 1. The van der Waals surface area contributed by atoms with Crippen LogP contribution in [0.3, 0.4) is 0 Å². The molecular formula is C17H19BrN2O4S. The maximum Gasteiger partial charge on any atom is 0.252 e. The van der Waals surface area contributed by atoms with Crippen molar-refractivity contribution in [3.63, 3.8) is 0 Å². The molecule has 0 saturated carbocycles. The summed E-state index contributed by atoms with van der Waals surface area (Å²) in [7, 11) is -2.30. The second-order valence-electron chi connectivity index (χ2n) is 5.39. The molecule has 2 rings (SSSR count). The number of primary sulfonamides is 1. The number of sulfonamides is 1. The van der Waals surface area contributed by atoms with E-state index < -0.39 is 10.0 Å². The average Bonchev–Trinajstić information content (AvgIpc) is 2.59. The van der Waals surface area contributed by atoms with Crippen LogP contribution in [0.5, 0.6) is 5.75 Å². The minimum Gasteiger partial charge on any atom is -0.497 e. The molecule has 0 heterocycles. The van der Waals surface area contributed by atoms with E-state index in [0.717, 1.165) is 11.3 Å². The van der Waals surface area contributed by atoms with Crippen molar-refractivity contribution in [3.05, 3.63) is 58.1 Å². The van der Waals surface area contributed by atoms with Crippen molar-refractivity contribution >= 4 is 31.9 Å². The van der Waals surface area contributed by atoms with Gasteiger partial charge in [-0.05, 0) is 58.2 Å². The largest absolute Gasteiger partial charge is 0.497 e. The van der Waals surface area contributed by atoms with E-state index >= 15 is 0 Å². The van der Waals surface area contributed by atoms with Gasteiger partial charge in [-0.2, -0.15) is 0 Å². The number of nitrogens with one attached hydrogen (secondary N) is 1. The van der Waals surface area contributed by atoms with Gasteiger partial charge in [-0.3, -0.25) is 4.79 Å². The molecule has 2 aromatic carbocycles. The fourth-order valence-electron chi connectivity index (χ4n) is 2.35. The third-order valence-corrected chi connectivity index (χ3v) is 5.35. The molecule has 0 saturated heterocycles. The molecule has 0 aliphatic carbocycles. The molecule has 0 aliphatic heterocycles. The standard InChI is InChI=1S/C17H19BrN2O4S/c1-3-16(11-4-6-12(24-2)7-5-11)20-17(21)14-10-13(25(19,22)23)8-9-15(14)18/h4-10,16H,3H2,1-2H3,(H,20,21)(H2,19,22,23)/t16-/m1/s1. The Hall–Kier alpha value is -1.90. The van der Waals surface area contributed by atoms with Crippen molar-refractivity contribution < 1.29 is 17.9 Å². The first-order chi connectivity index (χ1) is 11.8. The van der Waals surface area contributed by atoms with Gasteiger partial charge in [0.05, 0.1) is 23.6 Å². The fraction of sp³-hybridized carbons (Fsp3) is 0.235. The van der Waals surface area contributed by atoms with E-state index in [9.17, 15) is 13.2 Å². The van der Waals surface area contributed by atoms with E-state index in [4.69, 9.17) is 9.88 Å². The minimum absolute atomic E-state index is 0.113. The predicted octanol–water partition coefficient (Wildman–Crippen LogP) is 2.99. The van der Waals surface area contributed by atoms with Gasteiger partial charge >= 0.3 is 0 Å². The van der Waals surface area contributed by atoms with Crippen LogP contribution in [0.2, 0.25) is 0 Å². The number of halogens is 1. The lowest BCUT2D eigenvalue weighted by molar-refractivity contribution is 0.0934. The Kier molecular flexibility index (Phi) is 6.21. The number of benzene rings is 2. The number of carbonyl (C=O) groups is 1. The highest BCUT2D eigenvalue weighted by Crippen LogP contribution is 2.24. The lowest BCUT2D eigenvalue weighted by Gasteiger charge is -2.18. The number of nitrogens with two attached hydrogens (primary N) is 1. The Morgan fingerprint density at radius 2 is 1.88 bits per heavy atom. The highest BCUT2D eigenvalue weighted by molar-refractivity contribution is 9.10. The molecule has 8 heteroatoms. The predicted molar refractivity (Wildman–Crippen MR) is 99.0 cm³/mol. The normalized spacial score (nSPS) is 12.5. The van der Waals surface area contributed by atoms with Gasteiger partial charge < -0.3 is 10.1 Å². The zero-order chi connectivity index (χ0) is 18.6. The first-order valence-corrected chi connectivity index (χ1v) is 9.87. The van der Waals surface area contributed by atoms with Crippen molar-refractivity contribution in [2.45, 2.75) is 24.3 Å². The van der Waals surface area contributed by atoms with Crippen LogP contribution >= 0.6 is 15.9 Å². The Morgan fingerprint density at radius 3 is 2.40 bits per heavy atom. The van der Waals surface area contributed by atoms with E-state index in [2.05, 4.69) is 21.2 Å². The second kappa shape index (κ2) is 7.99. The van der Waals surface area contributed by atoms with Gasteiger partial charge in [0.2, 0.25) is 10.0 Å². The van der Waals surface area contributed by atoms with Crippen molar-refractivity contribution in [1.82, 2.24) is 5.32 Å². The maximum atomic E-state index is 12.6. The maximum absolute atomic E-state index is 12.6. The molecule has 25 heavy (non-hydrogen) atoms. The summed E-state index contributed by atoms with van der Waals surface area (Å²) in [5.41, 5.74) is 1.13.